The number of hydrogen-bond donors (Lipinski definition) is 1. The molecule has 2 aliphatic heterocycles. The molecule has 0 spiro atoms. The first-order valence-electron chi connectivity index (χ1n) is 12.1. The van der Waals surface area contributed by atoms with Crippen LogP contribution in [0.1, 0.15) is 35.6 Å². The van der Waals surface area contributed by atoms with E-state index in [0.29, 0.717) is 17.4 Å². The molecule has 0 bridgehead atoms. The second-order valence-electron chi connectivity index (χ2n) is 9.58. The highest BCUT2D eigenvalue weighted by molar-refractivity contribution is 7.98. The van der Waals surface area contributed by atoms with Gasteiger partial charge in [0.2, 0.25) is 0 Å². The molecule has 1 atom stereocenters. The molecule has 2 aromatic carbocycles. The van der Waals surface area contributed by atoms with Gasteiger partial charge in [-0.2, -0.15) is 10.4 Å². The van der Waals surface area contributed by atoms with Crippen LogP contribution in [0.3, 0.4) is 0 Å². The van der Waals surface area contributed by atoms with E-state index in [1.807, 2.05) is 30.3 Å². The van der Waals surface area contributed by atoms with Crippen LogP contribution in [0.25, 0.3) is 0 Å². The van der Waals surface area contributed by atoms with Gasteiger partial charge in [-0.3, -0.25) is 9.58 Å². The van der Waals surface area contributed by atoms with E-state index in [-0.39, 0.29) is 6.17 Å². The van der Waals surface area contributed by atoms with Gasteiger partial charge < -0.3 is 14.9 Å². The minimum atomic E-state index is 0.265. The van der Waals surface area contributed by atoms with Crippen molar-refractivity contribution in [3.8, 4) is 11.8 Å². The molecule has 3 aromatic rings. The number of likely N-dealkylation sites (tertiary alicyclic amines) is 1. The first-order chi connectivity index (χ1) is 16.9. The number of phenols is 1. The van der Waals surface area contributed by atoms with Crippen molar-refractivity contribution >= 4 is 23.1 Å². The summed E-state index contributed by atoms with van der Waals surface area (Å²) in [5, 5.41) is 24.9. The largest absolute Gasteiger partial charge is 0.508 e. The third kappa shape index (κ3) is 4.84. The molecule has 7 nitrogen and oxygen atoms in total. The minimum Gasteiger partial charge on any atom is -0.508 e. The van der Waals surface area contributed by atoms with Crippen LogP contribution in [0.5, 0.6) is 5.75 Å². The first-order valence-corrected chi connectivity index (χ1v) is 13.1. The zero-order valence-corrected chi connectivity index (χ0v) is 21.4. The Morgan fingerprint density at radius 3 is 2.57 bits per heavy atom. The second-order valence-corrected chi connectivity index (χ2v) is 10.6. The summed E-state index contributed by atoms with van der Waals surface area (Å²) in [6.45, 7) is 5.14. The fourth-order valence-electron chi connectivity index (χ4n) is 5.20. The summed E-state index contributed by atoms with van der Waals surface area (Å²) in [6, 6.07) is 16.3. The lowest BCUT2D eigenvalue weighted by molar-refractivity contribution is 0.171. The molecule has 182 valence electrons. The van der Waals surface area contributed by atoms with Gasteiger partial charge in [0.1, 0.15) is 16.9 Å². The molecule has 1 aromatic heterocycles. The number of nitriles is 1. The van der Waals surface area contributed by atoms with Crippen LogP contribution < -0.4 is 9.80 Å². The van der Waals surface area contributed by atoms with E-state index in [2.05, 4.69) is 58.7 Å². The Kier molecular flexibility index (Phi) is 6.63. The predicted molar refractivity (Wildman–Crippen MR) is 141 cm³/mol. The maximum Gasteiger partial charge on any atom is 0.118 e. The fourth-order valence-corrected chi connectivity index (χ4v) is 6.13. The molecule has 0 amide bonds. The number of piperidine rings is 1. The molecule has 5 rings (SSSR count). The van der Waals surface area contributed by atoms with E-state index in [9.17, 15) is 5.11 Å². The number of phenolic OH excluding ortho intramolecular Hbond substituents is 1. The quantitative estimate of drug-likeness (QED) is 0.508. The normalized spacial score (nSPS) is 18.6. The Morgan fingerprint density at radius 2 is 1.83 bits per heavy atom. The number of anilines is 2. The van der Waals surface area contributed by atoms with Crippen molar-refractivity contribution in [2.24, 2.45) is 0 Å². The van der Waals surface area contributed by atoms with Gasteiger partial charge in [-0.05, 0) is 61.2 Å². The SMILES string of the molecule is Cc1cc(C#N)ccc1CSc1ccn(C2CCN(CC3N(C)c4ccc(O)cc4N3C)CC2)n1. The summed E-state index contributed by atoms with van der Waals surface area (Å²) >= 11 is 1.75. The van der Waals surface area contributed by atoms with Crippen LogP contribution in [-0.2, 0) is 5.75 Å². The Balaban J connectivity index is 1.13. The molecule has 2 aliphatic rings. The summed E-state index contributed by atoms with van der Waals surface area (Å²) in [7, 11) is 4.25. The molecule has 0 aliphatic carbocycles. The molecular formula is C27H32N6OS. The van der Waals surface area contributed by atoms with E-state index in [0.717, 1.165) is 54.5 Å². The zero-order chi connectivity index (χ0) is 24.5. The summed E-state index contributed by atoms with van der Waals surface area (Å²) < 4.78 is 2.15. The average Bonchev–Trinajstić information content (AvgIpc) is 3.43. The van der Waals surface area contributed by atoms with Crippen molar-refractivity contribution < 1.29 is 5.11 Å². The van der Waals surface area contributed by atoms with Crippen LogP contribution >= 0.6 is 11.8 Å². The Labute approximate surface area is 211 Å². The molecule has 0 radical (unpaired) electrons. The lowest BCUT2D eigenvalue weighted by Gasteiger charge is -2.37. The van der Waals surface area contributed by atoms with Gasteiger partial charge in [0, 0.05) is 51.7 Å². The summed E-state index contributed by atoms with van der Waals surface area (Å²) in [5.41, 5.74) is 5.37. The maximum absolute atomic E-state index is 9.89. The summed E-state index contributed by atoms with van der Waals surface area (Å²) in [5.74, 6) is 1.17. The van der Waals surface area contributed by atoms with Crippen molar-refractivity contribution in [3.05, 3.63) is 65.4 Å². The summed E-state index contributed by atoms with van der Waals surface area (Å²) in [4.78, 5) is 7.13. The van der Waals surface area contributed by atoms with Crippen LogP contribution in [-0.4, -0.2) is 59.7 Å². The van der Waals surface area contributed by atoms with Crippen molar-refractivity contribution in [2.45, 2.75) is 42.8 Å². The van der Waals surface area contributed by atoms with Crippen LogP contribution in [0.2, 0.25) is 0 Å². The topological polar surface area (TPSA) is 71.6 Å². The highest BCUT2D eigenvalue weighted by Crippen LogP contribution is 2.40. The molecule has 1 saturated heterocycles. The molecule has 35 heavy (non-hydrogen) atoms. The smallest absolute Gasteiger partial charge is 0.118 e. The maximum atomic E-state index is 9.89. The monoisotopic (exact) mass is 488 g/mol. The highest BCUT2D eigenvalue weighted by Gasteiger charge is 2.33. The van der Waals surface area contributed by atoms with E-state index >= 15 is 0 Å². The van der Waals surface area contributed by atoms with E-state index in [4.69, 9.17) is 10.4 Å². The van der Waals surface area contributed by atoms with Gasteiger partial charge in [0.15, 0.2) is 0 Å². The Hall–Kier alpha value is -3.15. The van der Waals surface area contributed by atoms with Crippen LogP contribution in [0.15, 0.2) is 53.7 Å². The van der Waals surface area contributed by atoms with E-state index in [1.165, 1.54) is 11.3 Å². The van der Waals surface area contributed by atoms with Gasteiger partial charge >= 0.3 is 0 Å². The Morgan fingerprint density at radius 1 is 1.06 bits per heavy atom. The van der Waals surface area contributed by atoms with Crippen molar-refractivity contribution in [1.82, 2.24) is 14.7 Å². The third-order valence-corrected chi connectivity index (χ3v) is 8.37. The summed E-state index contributed by atoms with van der Waals surface area (Å²) in [6.07, 6.45) is 4.57. The van der Waals surface area contributed by atoms with Crippen LogP contribution in [0, 0.1) is 18.3 Å². The van der Waals surface area contributed by atoms with Crippen molar-refractivity contribution in [1.29, 1.82) is 5.26 Å². The molecular weight excluding hydrogens is 456 g/mol. The third-order valence-electron chi connectivity index (χ3n) is 7.40. The lowest BCUT2D eigenvalue weighted by atomic mass is 10.1. The number of hydrogen-bond acceptors (Lipinski definition) is 7. The highest BCUT2D eigenvalue weighted by atomic mass is 32.2. The van der Waals surface area contributed by atoms with Gasteiger partial charge in [0.05, 0.1) is 29.0 Å². The van der Waals surface area contributed by atoms with Crippen LogP contribution in [0.4, 0.5) is 11.4 Å². The molecule has 8 heteroatoms. The number of likely N-dealkylation sites (N-methyl/N-ethyl adjacent to an activating group) is 2. The van der Waals surface area contributed by atoms with Gasteiger partial charge in [-0.25, -0.2) is 0 Å². The van der Waals surface area contributed by atoms with Crippen molar-refractivity contribution in [2.75, 3.05) is 43.5 Å². The molecule has 1 N–H and O–H groups in total. The number of fused-ring (bicyclic) bond motifs is 1. The average molecular weight is 489 g/mol. The molecule has 1 fully saturated rings. The minimum absolute atomic E-state index is 0.265. The van der Waals surface area contributed by atoms with E-state index in [1.54, 1.807) is 17.8 Å². The molecule has 3 heterocycles. The molecule has 1 unspecified atom stereocenters. The number of aromatic nitrogens is 2. The zero-order valence-electron chi connectivity index (χ0n) is 20.6. The van der Waals surface area contributed by atoms with Gasteiger partial charge in [-0.1, -0.05) is 17.8 Å². The van der Waals surface area contributed by atoms with E-state index < -0.39 is 0 Å². The van der Waals surface area contributed by atoms with Gasteiger partial charge in [0.25, 0.3) is 0 Å². The fraction of sp³-hybridized carbons (Fsp3) is 0.407. The Bertz CT molecular complexity index is 1240. The van der Waals surface area contributed by atoms with Crippen molar-refractivity contribution in [3.63, 3.8) is 0 Å². The molecule has 0 saturated carbocycles. The number of rotatable bonds is 6. The lowest BCUT2D eigenvalue weighted by Crippen LogP contribution is -2.49. The standard InChI is InChI=1S/C27H32N6OS/c1-19-14-20(16-28)4-5-21(19)18-35-26-10-13-33(29-26)22-8-11-32(12-9-22)17-27-30(2)24-7-6-23(34)15-25(24)31(27)3/h4-7,10,13-15,22,27,34H,8-9,11-12,17-18H2,1-3H3. The van der Waals surface area contributed by atoms with Gasteiger partial charge in [-0.15, -0.1) is 0 Å². The number of benzene rings is 2. The second kappa shape index (κ2) is 9.84. The predicted octanol–water partition coefficient (Wildman–Crippen LogP) is 4.61. The number of thioether (sulfide) groups is 1. The number of aryl methyl sites for hydroxylation is 1. The number of aromatic hydroxyl groups is 1. The first kappa shape index (κ1) is 23.6. The number of nitrogens with zero attached hydrogens (tertiary/aromatic N) is 6.